The molecule has 2 amide bonds. The molecule has 2 fully saturated rings. The van der Waals surface area contributed by atoms with Crippen molar-refractivity contribution in [3.63, 3.8) is 0 Å². The predicted molar refractivity (Wildman–Crippen MR) is 116 cm³/mol. The van der Waals surface area contributed by atoms with Gasteiger partial charge in [-0.15, -0.1) is 0 Å². The lowest BCUT2D eigenvalue weighted by molar-refractivity contribution is -0.139. The predicted octanol–water partition coefficient (Wildman–Crippen LogP) is 4.65. The zero-order valence-electron chi connectivity index (χ0n) is 17.7. The summed E-state index contributed by atoms with van der Waals surface area (Å²) in [4.78, 5) is 30.6. The second-order valence-electron chi connectivity index (χ2n) is 8.43. The number of pyridine rings is 1. The summed E-state index contributed by atoms with van der Waals surface area (Å²) in [5.41, 5.74) is 2.63. The number of amides is 2. The van der Waals surface area contributed by atoms with Gasteiger partial charge in [0.2, 0.25) is 11.8 Å². The molecular formula is C24H29N3O3. The van der Waals surface area contributed by atoms with Crippen LogP contribution < -0.4 is 10.1 Å². The van der Waals surface area contributed by atoms with E-state index in [1.54, 1.807) is 0 Å². The SMILES string of the molecule is CC(=O)Nc1ccc(Oc2cc(C)nc([C@H]3CCCN(C(=O)C4CCC4)C3)c2)cc1. The van der Waals surface area contributed by atoms with Crippen LogP contribution in [0, 0.1) is 12.8 Å². The molecule has 30 heavy (non-hydrogen) atoms. The van der Waals surface area contributed by atoms with Crippen molar-refractivity contribution in [1.29, 1.82) is 0 Å². The van der Waals surface area contributed by atoms with Gasteiger partial charge >= 0.3 is 0 Å². The number of nitrogens with one attached hydrogen (secondary N) is 1. The van der Waals surface area contributed by atoms with E-state index in [9.17, 15) is 9.59 Å². The lowest BCUT2D eigenvalue weighted by Gasteiger charge is -2.37. The second-order valence-corrected chi connectivity index (χ2v) is 8.43. The molecule has 1 N–H and O–H groups in total. The zero-order valence-corrected chi connectivity index (χ0v) is 17.7. The summed E-state index contributed by atoms with van der Waals surface area (Å²) < 4.78 is 6.06. The van der Waals surface area contributed by atoms with Gasteiger partial charge in [-0.2, -0.15) is 0 Å². The first kappa shape index (κ1) is 20.4. The second kappa shape index (κ2) is 8.86. The van der Waals surface area contributed by atoms with Crippen molar-refractivity contribution in [2.24, 2.45) is 5.92 Å². The first-order valence-corrected chi connectivity index (χ1v) is 10.8. The van der Waals surface area contributed by atoms with E-state index in [4.69, 9.17) is 9.72 Å². The number of hydrogen-bond acceptors (Lipinski definition) is 4. The van der Waals surface area contributed by atoms with E-state index in [0.29, 0.717) is 11.7 Å². The van der Waals surface area contributed by atoms with Crippen LogP contribution in [0.1, 0.15) is 56.3 Å². The molecular weight excluding hydrogens is 378 g/mol. The normalized spacial score (nSPS) is 19.1. The van der Waals surface area contributed by atoms with Crippen molar-refractivity contribution in [1.82, 2.24) is 9.88 Å². The number of anilines is 1. The summed E-state index contributed by atoms with van der Waals surface area (Å²) >= 11 is 0. The Kier molecular flexibility index (Phi) is 6.02. The van der Waals surface area contributed by atoms with Crippen LogP contribution in [-0.2, 0) is 9.59 Å². The maximum atomic E-state index is 12.7. The highest BCUT2D eigenvalue weighted by molar-refractivity contribution is 5.88. The van der Waals surface area contributed by atoms with Gasteiger partial charge in [-0.1, -0.05) is 6.42 Å². The molecule has 1 aromatic carbocycles. The standard InChI is InChI=1S/C24H29N3O3/c1-16-13-22(30-21-10-8-20(9-11-21)26-17(2)28)14-23(25-16)19-7-4-12-27(15-19)24(29)18-5-3-6-18/h8-11,13-14,18-19H,3-7,12,15H2,1-2H3,(H,26,28)/t19-/m0/s1. The number of aryl methyl sites for hydroxylation is 1. The maximum Gasteiger partial charge on any atom is 0.225 e. The van der Waals surface area contributed by atoms with Gasteiger partial charge in [-0.25, -0.2) is 0 Å². The first-order chi connectivity index (χ1) is 14.5. The average molecular weight is 408 g/mol. The fraction of sp³-hybridized carbons (Fsp3) is 0.458. The Balaban J connectivity index is 1.46. The van der Waals surface area contributed by atoms with Gasteiger partial charge < -0.3 is 15.0 Å². The number of rotatable bonds is 5. The van der Waals surface area contributed by atoms with Crippen LogP contribution in [0.2, 0.25) is 0 Å². The Morgan fingerprint density at radius 1 is 1.07 bits per heavy atom. The molecule has 6 nitrogen and oxygen atoms in total. The van der Waals surface area contributed by atoms with Crippen LogP contribution in [0.3, 0.4) is 0 Å². The molecule has 0 radical (unpaired) electrons. The number of benzene rings is 1. The Morgan fingerprint density at radius 3 is 2.50 bits per heavy atom. The minimum Gasteiger partial charge on any atom is -0.457 e. The van der Waals surface area contributed by atoms with Gasteiger partial charge in [0.15, 0.2) is 0 Å². The molecule has 1 saturated carbocycles. The largest absolute Gasteiger partial charge is 0.457 e. The van der Waals surface area contributed by atoms with Gasteiger partial charge in [0.05, 0.1) is 0 Å². The molecule has 0 spiro atoms. The highest BCUT2D eigenvalue weighted by Crippen LogP contribution is 2.34. The van der Waals surface area contributed by atoms with Crippen molar-refractivity contribution in [2.75, 3.05) is 18.4 Å². The summed E-state index contributed by atoms with van der Waals surface area (Å²) in [5.74, 6) is 2.16. The lowest BCUT2D eigenvalue weighted by Crippen LogP contribution is -2.44. The molecule has 2 heterocycles. The van der Waals surface area contributed by atoms with Crippen molar-refractivity contribution in [2.45, 2.75) is 51.9 Å². The number of nitrogens with zero attached hydrogens (tertiary/aromatic N) is 2. The third-order valence-electron chi connectivity index (χ3n) is 5.96. The summed E-state index contributed by atoms with van der Waals surface area (Å²) in [6, 6.07) is 11.2. The van der Waals surface area contributed by atoms with E-state index < -0.39 is 0 Å². The van der Waals surface area contributed by atoms with Crippen molar-refractivity contribution in [3.8, 4) is 11.5 Å². The summed E-state index contributed by atoms with van der Waals surface area (Å²) in [7, 11) is 0. The lowest BCUT2D eigenvalue weighted by atomic mass is 9.83. The van der Waals surface area contributed by atoms with Crippen molar-refractivity contribution >= 4 is 17.5 Å². The van der Waals surface area contributed by atoms with Crippen molar-refractivity contribution < 1.29 is 14.3 Å². The Morgan fingerprint density at radius 2 is 1.83 bits per heavy atom. The number of piperidine rings is 1. The number of likely N-dealkylation sites (tertiary alicyclic amines) is 1. The number of carbonyl (C=O) groups is 2. The first-order valence-electron chi connectivity index (χ1n) is 10.8. The van der Waals surface area contributed by atoms with Gasteiger partial charge in [-0.05, 0) is 56.9 Å². The topological polar surface area (TPSA) is 71.5 Å². The van der Waals surface area contributed by atoms with E-state index in [1.165, 1.54) is 13.3 Å². The van der Waals surface area contributed by atoms with Gasteiger partial charge in [-0.3, -0.25) is 14.6 Å². The molecule has 1 aliphatic carbocycles. The molecule has 0 bridgehead atoms. The fourth-order valence-corrected chi connectivity index (χ4v) is 4.21. The van der Waals surface area contributed by atoms with Crippen LogP contribution in [0.15, 0.2) is 36.4 Å². The number of hydrogen-bond donors (Lipinski definition) is 1. The smallest absolute Gasteiger partial charge is 0.225 e. The van der Waals surface area contributed by atoms with Crippen LogP contribution in [-0.4, -0.2) is 34.8 Å². The quantitative estimate of drug-likeness (QED) is 0.783. The number of aromatic nitrogens is 1. The Bertz CT molecular complexity index is 922. The van der Waals surface area contributed by atoms with E-state index in [1.807, 2.05) is 48.2 Å². The average Bonchev–Trinajstić information content (AvgIpc) is 2.67. The Labute approximate surface area is 177 Å². The molecule has 1 aromatic heterocycles. The van der Waals surface area contributed by atoms with Crippen LogP contribution in [0.4, 0.5) is 5.69 Å². The number of ether oxygens (including phenoxy) is 1. The molecule has 2 aliphatic rings. The Hall–Kier alpha value is -2.89. The highest BCUT2D eigenvalue weighted by Gasteiger charge is 2.33. The minimum atomic E-state index is -0.101. The molecule has 1 saturated heterocycles. The molecule has 158 valence electrons. The molecule has 4 rings (SSSR count). The maximum absolute atomic E-state index is 12.7. The minimum absolute atomic E-state index is 0.101. The molecule has 1 atom stereocenters. The highest BCUT2D eigenvalue weighted by atomic mass is 16.5. The zero-order chi connectivity index (χ0) is 21.1. The van der Waals surface area contributed by atoms with Gasteiger partial charge in [0.25, 0.3) is 0 Å². The van der Waals surface area contributed by atoms with Crippen LogP contribution in [0.25, 0.3) is 0 Å². The molecule has 1 aliphatic heterocycles. The molecule has 0 unspecified atom stereocenters. The molecule has 6 heteroatoms. The van der Waals surface area contributed by atoms with Crippen LogP contribution >= 0.6 is 0 Å². The monoisotopic (exact) mass is 407 g/mol. The summed E-state index contributed by atoms with van der Waals surface area (Å²) in [6.45, 7) is 5.06. The van der Waals surface area contributed by atoms with E-state index in [0.717, 1.165) is 61.6 Å². The summed E-state index contributed by atoms with van der Waals surface area (Å²) in [5, 5.41) is 2.75. The van der Waals surface area contributed by atoms with Gasteiger partial charge in [0.1, 0.15) is 11.5 Å². The van der Waals surface area contributed by atoms with E-state index in [-0.39, 0.29) is 17.7 Å². The third-order valence-corrected chi connectivity index (χ3v) is 5.96. The van der Waals surface area contributed by atoms with E-state index >= 15 is 0 Å². The van der Waals surface area contributed by atoms with Gasteiger partial charge in [0, 0.05) is 61.1 Å². The fourth-order valence-electron chi connectivity index (χ4n) is 4.21. The summed E-state index contributed by atoms with van der Waals surface area (Å²) in [6.07, 6.45) is 5.32. The van der Waals surface area contributed by atoms with Crippen LogP contribution in [0.5, 0.6) is 11.5 Å². The third kappa shape index (κ3) is 4.81. The number of carbonyl (C=O) groups excluding carboxylic acids is 2. The van der Waals surface area contributed by atoms with Crippen molar-refractivity contribution in [3.05, 3.63) is 47.8 Å². The molecule has 2 aromatic rings. The van der Waals surface area contributed by atoms with E-state index in [2.05, 4.69) is 5.32 Å².